The fourth-order valence-electron chi connectivity index (χ4n) is 13.5. The fraction of sp³-hybridized carbons (Fsp3) is 0.927. The summed E-state index contributed by atoms with van der Waals surface area (Å²) >= 11 is 0. The Morgan fingerprint density at radius 3 is 2.21 bits per heavy atom. The van der Waals surface area contributed by atoms with Crippen molar-refractivity contribution in [3.63, 3.8) is 0 Å². The Bertz CT molecular complexity index is 1430. The molecule has 302 valence electrons. The molecule has 0 aromatic heterocycles. The first-order valence-electron chi connectivity index (χ1n) is 20.2. The number of aliphatic hydroxyl groups excluding tert-OH is 6. The van der Waals surface area contributed by atoms with Crippen LogP contribution >= 0.6 is 0 Å². The molecule has 5 aliphatic carbocycles. The molecule has 2 saturated heterocycles. The molecular weight excluding hydrogens is 684 g/mol. The Kier molecular flexibility index (Phi) is 10.2. The normalized spacial score (nSPS) is 53.3. The highest BCUT2D eigenvalue weighted by Crippen LogP contribution is 2.76. The second kappa shape index (κ2) is 13.5. The Morgan fingerprint density at radius 2 is 1.53 bits per heavy atom. The van der Waals surface area contributed by atoms with Crippen LogP contribution in [0.3, 0.4) is 0 Å². The molecule has 0 amide bonds. The lowest BCUT2D eigenvalue weighted by atomic mass is 9.33. The van der Waals surface area contributed by atoms with Crippen LogP contribution in [0.25, 0.3) is 0 Å². The highest BCUT2D eigenvalue weighted by molar-refractivity contribution is 5.76. The van der Waals surface area contributed by atoms with Crippen molar-refractivity contribution in [2.24, 2.45) is 50.2 Å². The fourth-order valence-corrected chi connectivity index (χ4v) is 13.5. The predicted molar refractivity (Wildman–Crippen MR) is 192 cm³/mol. The van der Waals surface area contributed by atoms with Gasteiger partial charge in [0, 0.05) is 5.41 Å². The third-order valence-electron chi connectivity index (χ3n) is 16.8. The first kappa shape index (κ1) is 40.0. The van der Waals surface area contributed by atoms with Gasteiger partial charge in [0.05, 0.1) is 30.8 Å². The zero-order valence-electron chi connectivity index (χ0n) is 32.7. The minimum Gasteiger partial charge on any atom is -0.481 e. The molecule has 7 N–H and O–H groups in total. The van der Waals surface area contributed by atoms with E-state index in [1.807, 2.05) is 0 Å². The van der Waals surface area contributed by atoms with Crippen LogP contribution in [0.2, 0.25) is 0 Å². The number of aliphatic carboxylic acids is 1. The van der Waals surface area contributed by atoms with Gasteiger partial charge >= 0.3 is 5.97 Å². The van der Waals surface area contributed by atoms with Gasteiger partial charge in [-0.2, -0.15) is 0 Å². The number of aliphatic hydroxyl groups is 6. The molecule has 0 unspecified atom stereocenters. The quantitative estimate of drug-likeness (QED) is 0.155. The zero-order chi connectivity index (χ0) is 38.7. The summed E-state index contributed by atoms with van der Waals surface area (Å²) in [4.78, 5) is 13.1. The third kappa shape index (κ3) is 5.85. The van der Waals surface area contributed by atoms with Crippen molar-refractivity contribution in [3.05, 3.63) is 11.6 Å². The standard InChI is InChI=1S/C41H66O12/c1-21-28(44)30(46)31(47)33(51-21)53-32-29(45)24(43)19-50-34(32)52-27-11-12-38(6)25(37(27,4)5)10-13-39(7)26(38)9-8-22-23-18-36(2,3)14-15-40(23,35(48)49)16-17-41(22,39)20-42/h8,21,23-34,42-47H,9-20H2,1-7H3,(H,48,49)/t21-,23-,24-,25-,26+,27-,28-,29-,30+,31+,32+,33-,34-,38-,39+,40-,41-/m0/s1. The third-order valence-corrected chi connectivity index (χ3v) is 16.8. The van der Waals surface area contributed by atoms with Crippen molar-refractivity contribution >= 4 is 5.97 Å². The minimum atomic E-state index is -1.60. The molecule has 12 heteroatoms. The van der Waals surface area contributed by atoms with Crippen LogP contribution in [-0.2, 0) is 23.7 Å². The summed E-state index contributed by atoms with van der Waals surface area (Å²) in [6.07, 6.45) is -1.74. The van der Waals surface area contributed by atoms with E-state index >= 15 is 0 Å². The lowest BCUT2D eigenvalue weighted by Gasteiger charge is -2.71. The van der Waals surface area contributed by atoms with Gasteiger partial charge in [-0.05, 0) is 111 Å². The second-order valence-corrected chi connectivity index (χ2v) is 20.1. The number of hydrogen-bond donors (Lipinski definition) is 7. The molecule has 0 aromatic carbocycles. The van der Waals surface area contributed by atoms with E-state index in [-0.39, 0.29) is 58.7 Å². The lowest BCUT2D eigenvalue weighted by molar-refractivity contribution is -0.364. The van der Waals surface area contributed by atoms with E-state index in [2.05, 4.69) is 47.6 Å². The monoisotopic (exact) mass is 750 g/mol. The number of hydrogen-bond acceptors (Lipinski definition) is 11. The number of rotatable bonds is 6. The summed E-state index contributed by atoms with van der Waals surface area (Å²) in [5, 5.41) is 75.1. The largest absolute Gasteiger partial charge is 0.481 e. The van der Waals surface area contributed by atoms with Gasteiger partial charge in [0.2, 0.25) is 0 Å². The molecule has 2 aliphatic heterocycles. The van der Waals surface area contributed by atoms with Crippen LogP contribution in [0.15, 0.2) is 11.6 Å². The smallest absolute Gasteiger partial charge is 0.310 e. The van der Waals surface area contributed by atoms with Gasteiger partial charge in [-0.15, -0.1) is 0 Å². The van der Waals surface area contributed by atoms with Crippen LogP contribution in [0, 0.1) is 50.2 Å². The molecule has 0 bridgehead atoms. The van der Waals surface area contributed by atoms with E-state index in [0.29, 0.717) is 25.7 Å². The van der Waals surface area contributed by atoms with Gasteiger partial charge in [-0.25, -0.2) is 0 Å². The molecule has 17 atom stereocenters. The summed E-state index contributed by atoms with van der Waals surface area (Å²) in [6.45, 7) is 15.2. The number of fused-ring (bicyclic) bond motifs is 7. The van der Waals surface area contributed by atoms with Crippen LogP contribution in [0.5, 0.6) is 0 Å². The molecule has 7 rings (SSSR count). The Hall–Kier alpha value is -1.19. The maximum Gasteiger partial charge on any atom is 0.310 e. The molecule has 4 saturated carbocycles. The highest BCUT2D eigenvalue weighted by atomic mass is 16.8. The molecule has 0 aromatic rings. The van der Waals surface area contributed by atoms with Gasteiger partial charge in [-0.3, -0.25) is 4.79 Å². The molecule has 0 spiro atoms. The highest BCUT2D eigenvalue weighted by Gasteiger charge is 2.70. The number of allylic oxidation sites excluding steroid dienone is 1. The number of carbonyl (C=O) groups is 1. The summed E-state index contributed by atoms with van der Waals surface area (Å²) < 4.78 is 24.4. The van der Waals surface area contributed by atoms with Crippen LogP contribution in [0.1, 0.15) is 113 Å². The summed E-state index contributed by atoms with van der Waals surface area (Å²) in [7, 11) is 0. The average Bonchev–Trinajstić information content (AvgIpc) is 3.09. The van der Waals surface area contributed by atoms with E-state index in [1.54, 1.807) is 6.92 Å². The van der Waals surface area contributed by atoms with Crippen molar-refractivity contribution < 1.29 is 59.5 Å². The second-order valence-electron chi connectivity index (χ2n) is 20.1. The minimum absolute atomic E-state index is 0.0249. The van der Waals surface area contributed by atoms with Crippen LogP contribution < -0.4 is 0 Å². The first-order chi connectivity index (χ1) is 24.7. The lowest BCUT2D eigenvalue weighted by Crippen LogP contribution is -2.67. The van der Waals surface area contributed by atoms with E-state index < -0.39 is 72.1 Å². The van der Waals surface area contributed by atoms with E-state index in [1.165, 1.54) is 5.57 Å². The van der Waals surface area contributed by atoms with E-state index in [9.17, 15) is 40.5 Å². The molecular formula is C41H66O12. The Labute approximate surface area is 314 Å². The summed E-state index contributed by atoms with van der Waals surface area (Å²) in [6, 6.07) is 0. The van der Waals surface area contributed by atoms with E-state index in [0.717, 1.165) is 38.5 Å². The summed E-state index contributed by atoms with van der Waals surface area (Å²) in [5.74, 6) is -0.248. The molecule has 7 aliphatic rings. The van der Waals surface area contributed by atoms with Gasteiger partial charge in [0.25, 0.3) is 0 Å². The number of carboxylic acid groups (broad SMARTS) is 1. The van der Waals surface area contributed by atoms with Gasteiger partial charge < -0.3 is 54.7 Å². The van der Waals surface area contributed by atoms with Gasteiger partial charge in [0.15, 0.2) is 12.6 Å². The predicted octanol–water partition coefficient (Wildman–Crippen LogP) is 3.52. The zero-order valence-corrected chi connectivity index (χ0v) is 32.7. The van der Waals surface area contributed by atoms with Crippen molar-refractivity contribution in [2.45, 2.75) is 174 Å². The van der Waals surface area contributed by atoms with Crippen molar-refractivity contribution in [1.29, 1.82) is 0 Å². The SMILES string of the molecule is C[C@@H]1O[C@@H](O[C@H]2[C@H](O[C@H]3CC[C@]4(C)[C@H]5CC=C6[C@@H]7CC(C)(C)CC[C@]7(C(=O)O)CC[C@@]6(CO)[C@]5(C)CC[C@H]4C3(C)C)OC[C@H](O)[C@@H]2O)[C@H](O)[C@H](O)[C@H]1O. The Morgan fingerprint density at radius 1 is 0.830 bits per heavy atom. The van der Waals surface area contributed by atoms with Gasteiger partial charge in [-0.1, -0.05) is 53.2 Å². The Balaban J connectivity index is 1.15. The van der Waals surface area contributed by atoms with Crippen LogP contribution in [-0.4, -0.2) is 116 Å². The topological polar surface area (TPSA) is 196 Å². The first-order valence-corrected chi connectivity index (χ1v) is 20.2. The average molecular weight is 751 g/mol. The van der Waals surface area contributed by atoms with Crippen LogP contribution in [0.4, 0.5) is 0 Å². The molecule has 0 radical (unpaired) electrons. The number of carboxylic acids is 1. The van der Waals surface area contributed by atoms with Crippen molar-refractivity contribution in [1.82, 2.24) is 0 Å². The molecule has 2 heterocycles. The number of ether oxygens (including phenoxy) is 4. The maximum absolute atomic E-state index is 13.1. The molecule has 53 heavy (non-hydrogen) atoms. The molecule has 12 nitrogen and oxygen atoms in total. The maximum atomic E-state index is 13.1. The molecule has 6 fully saturated rings. The van der Waals surface area contributed by atoms with Gasteiger partial charge in [0.1, 0.15) is 36.6 Å². The van der Waals surface area contributed by atoms with E-state index in [4.69, 9.17) is 18.9 Å². The van der Waals surface area contributed by atoms with Crippen molar-refractivity contribution in [3.8, 4) is 0 Å². The summed E-state index contributed by atoms with van der Waals surface area (Å²) in [5.41, 5.74) is -0.651. The van der Waals surface area contributed by atoms with Crippen molar-refractivity contribution in [2.75, 3.05) is 13.2 Å².